The lowest BCUT2D eigenvalue weighted by atomic mass is 10.2. The minimum atomic E-state index is -3.64. The summed E-state index contributed by atoms with van der Waals surface area (Å²) in [6.07, 6.45) is 1.95. The molecule has 0 atom stereocenters. The number of benzene rings is 1. The van der Waals surface area contributed by atoms with E-state index in [1.165, 1.54) is 34.8 Å². The van der Waals surface area contributed by atoms with Crippen LogP contribution >= 0.6 is 23.1 Å². The number of nitrogens with zero attached hydrogens (tertiary/aromatic N) is 2. The number of hydrogen-bond donors (Lipinski definition) is 1. The maximum absolute atomic E-state index is 12.6. The number of rotatable bonds is 6. The van der Waals surface area contributed by atoms with E-state index in [0.29, 0.717) is 5.13 Å². The molecule has 1 aromatic carbocycles. The lowest BCUT2D eigenvalue weighted by molar-refractivity contribution is 0.102. The Labute approximate surface area is 156 Å². The lowest BCUT2D eigenvalue weighted by Crippen LogP contribution is -2.33. The SMILES string of the molecule is CSc1sc(NC(=O)c2cccc(S(=O)(=O)N(C)C(C)C)c2)nc1C. The number of amides is 1. The molecule has 2 aromatic rings. The predicted octanol–water partition coefficient (Wildman–Crippen LogP) is 3.45. The first-order valence-corrected chi connectivity index (χ1v) is 11.1. The van der Waals surface area contributed by atoms with E-state index in [9.17, 15) is 13.2 Å². The van der Waals surface area contributed by atoms with E-state index in [1.54, 1.807) is 37.7 Å². The number of sulfonamides is 1. The van der Waals surface area contributed by atoms with Gasteiger partial charge < -0.3 is 0 Å². The van der Waals surface area contributed by atoms with Crippen molar-refractivity contribution in [1.29, 1.82) is 0 Å². The maximum Gasteiger partial charge on any atom is 0.257 e. The van der Waals surface area contributed by atoms with Crippen molar-refractivity contribution in [1.82, 2.24) is 9.29 Å². The first kappa shape index (κ1) is 19.9. The minimum Gasteiger partial charge on any atom is -0.298 e. The number of carbonyl (C=O) groups is 1. The maximum atomic E-state index is 12.6. The predicted molar refractivity (Wildman–Crippen MR) is 103 cm³/mol. The van der Waals surface area contributed by atoms with Crippen LogP contribution < -0.4 is 5.32 Å². The zero-order valence-electron chi connectivity index (χ0n) is 14.7. The van der Waals surface area contributed by atoms with Crippen molar-refractivity contribution in [3.8, 4) is 0 Å². The number of anilines is 1. The molecule has 0 saturated heterocycles. The Hall–Kier alpha value is -1.42. The number of hydrogen-bond acceptors (Lipinski definition) is 6. The molecular formula is C16H21N3O3S3. The molecule has 0 saturated carbocycles. The Morgan fingerprint density at radius 2 is 2.04 bits per heavy atom. The molecule has 1 aromatic heterocycles. The average molecular weight is 400 g/mol. The summed E-state index contributed by atoms with van der Waals surface area (Å²) in [4.78, 5) is 16.8. The summed E-state index contributed by atoms with van der Waals surface area (Å²) < 4.78 is 27.5. The molecule has 0 radical (unpaired) electrons. The highest BCUT2D eigenvalue weighted by Gasteiger charge is 2.24. The van der Waals surface area contributed by atoms with Gasteiger partial charge in [-0.1, -0.05) is 17.4 Å². The van der Waals surface area contributed by atoms with Gasteiger partial charge in [0.05, 0.1) is 14.8 Å². The number of aromatic nitrogens is 1. The Balaban J connectivity index is 2.27. The van der Waals surface area contributed by atoms with E-state index in [1.807, 2.05) is 13.2 Å². The molecule has 25 heavy (non-hydrogen) atoms. The van der Waals surface area contributed by atoms with Crippen LogP contribution in [0, 0.1) is 6.92 Å². The van der Waals surface area contributed by atoms with Gasteiger partial charge in [0.2, 0.25) is 10.0 Å². The van der Waals surface area contributed by atoms with Gasteiger partial charge in [0.25, 0.3) is 5.91 Å². The van der Waals surface area contributed by atoms with Crippen LogP contribution in [0.5, 0.6) is 0 Å². The van der Waals surface area contributed by atoms with Gasteiger partial charge in [0, 0.05) is 18.7 Å². The first-order valence-electron chi connectivity index (χ1n) is 7.57. The molecule has 0 spiro atoms. The molecule has 0 fully saturated rings. The standard InChI is InChI=1S/C16H21N3O3S3/c1-10(2)19(4)25(21,22)13-8-6-7-12(9-13)14(20)18-16-17-11(3)15(23-5)24-16/h6-10H,1-5H3,(H,17,18,20). The molecule has 136 valence electrons. The third kappa shape index (κ3) is 4.41. The molecule has 2 rings (SSSR count). The molecule has 0 bridgehead atoms. The molecule has 0 unspecified atom stereocenters. The summed E-state index contributed by atoms with van der Waals surface area (Å²) in [5.74, 6) is -0.384. The third-order valence-corrected chi connectivity index (χ3v) is 7.97. The summed E-state index contributed by atoms with van der Waals surface area (Å²) in [7, 11) is -2.11. The molecule has 0 aliphatic rings. The van der Waals surface area contributed by atoms with Gasteiger partial charge in [-0.2, -0.15) is 4.31 Å². The number of thiazole rings is 1. The lowest BCUT2D eigenvalue weighted by Gasteiger charge is -2.21. The molecule has 1 heterocycles. The van der Waals surface area contributed by atoms with Crippen LogP contribution in [0.3, 0.4) is 0 Å². The van der Waals surface area contributed by atoms with E-state index in [-0.39, 0.29) is 22.4 Å². The van der Waals surface area contributed by atoms with Gasteiger partial charge >= 0.3 is 0 Å². The van der Waals surface area contributed by atoms with Gasteiger partial charge in [-0.25, -0.2) is 13.4 Å². The fourth-order valence-electron chi connectivity index (χ4n) is 2.04. The largest absolute Gasteiger partial charge is 0.298 e. The van der Waals surface area contributed by atoms with Gasteiger partial charge in [-0.15, -0.1) is 11.8 Å². The highest BCUT2D eigenvalue weighted by Crippen LogP contribution is 2.30. The topological polar surface area (TPSA) is 79.4 Å². The van der Waals surface area contributed by atoms with Gasteiger partial charge in [0.15, 0.2) is 5.13 Å². The van der Waals surface area contributed by atoms with Crippen molar-refractivity contribution in [2.24, 2.45) is 0 Å². The number of aryl methyl sites for hydroxylation is 1. The van der Waals surface area contributed by atoms with Crippen LogP contribution in [0.15, 0.2) is 33.4 Å². The van der Waals surface area contributed by atoms with Gasteiger partial charge in [0.1, 0.15) is 0 Å². The normalized spacial score (nSPS) is 12.0. The van der Waals surface area contributed by atoms with Crippen LogP contribution in [0.2, 0.25) is 0 Å². The monoisotopic (exact) mass is 399 g/mol. The quantitative estimate of drug-likeness (QED) is 0.753. The Morgan fingerprint density at radius 1 is 1.36 bits per heavy atom. The fraction of sp³-hybridized carbons (Fsp3) is 0.375. The van der Waals surface area contributed by atoms with Gasteiger partial charge in [-0.3, -0.25) is 10.1 Å². The summed E-state index contributed by atoms with van der Waals surface area (Å²) in [5.41, 5.74) is 1.14. The van der Waals surface area contributed by atoms with Crippen LogP contribution in [-0.4, -0.2) is 43.0 Å². The average Bonchev–Trinajstić information content (AvgIpc) is 2.93. The second-order valence-corrected chi connectivity index (χ2v) is 9.76. The zero-order chi connectivity index (χ0) is 18.8. The van der Waals surface area contributed by atoms with Crippen molar-refractivity contribution in [2.45, 2.75) is 35.9 Å². The van der Waals surface area contributed by atoms with Crippen molar-refractivity contribution in [2.75, 3.05) is 18.6 Å². The van der Waals surface area contributed by atoms with Crippen LogP contribution in [0.1, 0.15) is 29.9 Å². The highest BCUT2D eigenvalue weighted by atomic mass is 32.2. The molecule has 1 amide bonds. The Bertz CT molecular complexity index is 876. The Kier molecular flexibility index (Phi) is 6.26. The van der Waals surface area contributed by atoms with E-state index in [0.717, 1.165) is 9.90 Å². The Morgan fingerprint density at radius 3 is 2.60 bits per heavy atom. The molecule has 0 aliphatic carbocycles. The third-order valence-electron chi connectivity index (χ3n) is 3.66. The van der Waals surface area contributed by atoms with Crippen LogP contribution in [0.25, 0.3) is 0 Å². The van der Waals surface area contributed by atoms with Crippen molar-refractivity contribution in [3.63, 3.8) is 0 Å². The highest BCUT2D eigenvalue weighted by molar-refractivity contribution is 8.00. The summed E-state index contributed by atoms with van der Waals surface area (Å²) in [6, 6.07) is 5.85. The molecule has 9 heteroatoms. The van der Waals surface area contributed by atoms with E-state index < -0.39 is 10.0 Å². The summed E-state index contributed by atoms with van der Waals surface area (Å²) >= 11 is 2.97. The van der Waals surface area contributed by atoms with E-state index in [4.69, 9.17) is 0 Å². The van der Waals surface area contributed by atoms with E-state index in [2.05, 4.69) is 10.3 Å². The van der Waals surface area contributed by atoms with Gasteiger partial charge in [-0.05, 0) is 45.2 Å². The first-order chi connectivity index (χ1) is 11.7. The number of carbonyl (C=O) groups excluding carboxylic acids is 1. The molecular weight excluding hydrogens is 378 g/mol. The second-order valence-electron chi connectivity index (χ2n) is 5.69. The van der Waals surface area contributed by atoms with Crippen molar-refractivity contribution >= 4 is 44.2 Å². The smallest absolute Gasteiger partial charge is 0.257 e. The molecule has 1 N–H and O–H groups in total. The molecule has 0 aliphatic heterocycles. The fourth-order valence-corrected chi connectivity index (χ4v) is 5.06. The second kappa shape index (κ2) is 7.86. The van der Waals surface area contributed by atoms with Crippen LogP contribution in [-0.2, 0) is 10.0 Å². The number of thioether (sulfide) groups is 1. The minimum absolute atomic E-state index is 0.0940. The van der Waals surface area contributed by atoms with E-state index >= 15 is 0 Å². The summed E-state index contributed by atoms with van der Waals surface area (Å²) in [5, 5.41) is 3.23. The van der Waals surface area contributed by atoms with Crippen molar-refractivity contribution < 1.29 is 13.2 Å². The zero-order valence-corrected chi connectivity index (χ0v) is 17.2. The molecule has 6 nitrogen and oxygen atoms in total. The number of nitrogens with one attached hydrogen (secondary N) is 1. The van der Waals surface area contributed by atoms with Crippen molar-refractivity contribution in [3.05, 3.63) is 35.5 Å². The van der Waals surface area contributed by atoms with Crippen LogP contribution in [0.4, 0.5) is 5.13 Å². The summed E-state index contributed by atoms with van der Waals surface area (Å²) in [6.45, 7) is 5.47.